The average molecular weight is 244 g/mol. The van der Waals surface area contributed by atoms with Gasteiger partial charge in [0.2, 0.25) is 5.78 Å². The summed E-state index contributed by atoms with van der Waals surface area (Å²) in [6.45, 7) is 3.03. The normalized spacial score (nSPS) is 10.3. The van der Waals surface area contributed by atoms with E-state index in [2.05, 4.69) is 0 Å². The van der Waals surface area contributed by atoms with Gasteiger partial charge in [0.25, 0.3) is 0 Å². The smallest absolute Gasteiger partial charge is 0.232 e. The fraction of sp³-hybridized carbons (Fsp3) is 0.143. The minimum atomic E-state index is -0.494. The summed E-state index contributed by atoms with van der Waals surface area (Å²) in [6, 6.07) is 7.67. The number of aryl methyl sites for hydroxylation is 1. The predicted octanol–water partition coefficient (Wildman–Crippen LogP) is 2.73. The molecule has 2 aromatic rings. The van der Waals surface area contributed by atoms with E-state index in [1.54, 1.807) is 19.1 Å². The van der Waals surface area contributed by atoms with Crippen LogP contribution < -0.4 is 0 Å². The van der Waals surface area contributed by atoms with Gasteiger partial charge >= 0.3 is 0 Å². The van der Waals surface area contributed by atoms with Crippen molar-refractivity contribution in [3.63, 3.8) is 0 Å². The summed E-state index contributed by atoms with van der Waals surface area (Å²) < 4.78 is 5.27. The van der Waals surface area contributed by atoms with Crippen LogP contribution in [0.5, 0.6) is 5.75 Å². The Kier molecular flexibility index (Phi) is 3.02. The Hall–Kier alpha value is -2.36. The Morgan fingerprint density at radius 2 is 1.83 bits per heavy atom. The van der Waals surface area contributed by atoms with Gasteiger partial charge in [0.1, 0.15) is 11.5 Å². The van der Waals surface area contributed by atoms with Gasteiger partial charge < -0.3 is 9.52 Å². The minimum absolute atomic E-state index is 0.0264. The largest absolute Gasteiger partial charge is 0.507 e. The Balaban J connectivity index is 2.53. The summed E-state index contributed by atoms with van der Waals surface area (Å²) in [6.07, 6.45) is 0. The van der Waals surface area contributed by atoms with Crippen molar-refractivity contribution < 1.29 is 19.1 Å². The average Bonchev–Trinajstić information content (AvgIpc) is 2.71. The molecule has 0 spiro atoms. The zero-order valence-electron chi connectivity index (χ0n) is 10.1. The lowest BCUT2D eigenvalue weighted by molar-refractivity contribution is 0.0973. The lowest BCUT2D eigenvalue weighted by Gasteiger charge is -2.02. The Labute approximate surface area is 104 Å². The Morgan fingerprint density at radius 3 is 2.44 bits per heavy atom. The number of phenolic OH excluding ortho intramolecular Hbond substituents is 1. The van der Waals surface area contributed by atoms with E-state index in [4.69, 9.17) is 4.42 Å². The lowest BCUT2D eigenvalue weighted by atomic mass is 10.0. The molecule has 0 fully saturated rings. The van der Waals surface area contributed by atoms with Crippen LogP contribution in [0.2, 0.25) is 0 Å². The van der Waals surface area contributed by atoms with E-state index >= 15 is 0 Å². The molecule has 18 heavy (non-hydrogen) atoms. The molecule has 1 heterocycles. The highest BCUT2D eigenvalue weighted by Gasteiger charge is 2.23. The van der Waals surface area contributed by atoms with Crippen LogP contribution in [-0.4, -0.2) is 16.7 Å². The van der Waals surface area contributed by atoms with E-state index in [-0.39, 0.29) is 28.4 Å². The van der Waals surface area contributed by atoms with Gasteiger partial charge in [-0.05, 0) is 32.0 Å². The van der Waals surface area contributed by atoms with Gasteiger partial charge in [0.05, 0.1) is 11.1 Å². The second-order valence-electron chi connectivity index (χ2n) is 4.00. The van der Waals surface area contributed by atoms with E-state index in [9.17, 15) is 14.7 Å². The summed E-state index contributed by atoms with van der Waals surface area (Å²) in [5.41, 5.74) is 0.357. The van der Waals surface area contributed by atoms with Crippen LogP contribution in [0, 0.1) is 6.92 Å². The molecule has 0 amide bonds. The van der Waals surface area contributed by atoms with Crippen molar-refractivity contribution in [3.8, 4) is 5.75 Å². The van der Waals surface area contributed by atoms with E-state index in [0.29, 0.717) is 5.76 Å². The second-order valence-corrected chi connectivity index (χ2v) is 4.00. The first-order valence-electron chi connectivity index (χ1n) is 5.44. The van der Waals surface area contributed by atoms with Crippen LogP contribution in [0.25, 0.3) is 0 Å². The summed E-state index contributed by atoms with van der Waals surface area (Å²) in [7, 11) is 0. The van der Waals surface area contributed by atoms with E-state index in [1.807, 2.05) is 0 Å². The number of rotatable bonds is 3. The summed E-state index contributed by atoms with van der Waals surface area (Å²) in [4.78, 5) is 23.6. The molecule has 0 unspecified atom stereocenters. The summed E-state index contributed by atoms with van der Waals surface area (Å²) in [5.74, 6) is -0.413. The third-order valence-electron chi connectivity index (χ3n) is 2.59. The molecule has 92 valence electrons. The van der Waals surface area contributed by atoms with Crippen molar-refractivity contribution in [1.29, 1.82) is 0 Å². The number of aromatic hydroxyl groups is 1. The van der Waals surface area contributed by atoms with Crippen LogP contribution in [0.15, 0.2) is 34.7 Å². The van der Waals surface area contributed by atoms with Crippen molar-refractivity contribution in [2.75, 3.05) is 0 Å². The number of hydrogen-bond donors (Lipinski definition) is 1. The lowest BCUT2D eigenvalue weighted by Crippen LogP contribution is -2.05. The first-order valence-corrected chi connectivity index (χ1v) is 5.44. The van der Waals surface area contributed by atoms with E-state index in [0.717, 1.165) is 0 Å². The maximum absolute atomic E-state index is 12.2. The number of ketones is 2. The van der Waals surface area contributed by atoms with Gasteiger partial charge in [-0.2, -0.15) is 0 Å². The molecule has 2 rings (SSSR count). The molecule has 4 nitrogen and oxygen atoms in total. The fourth-order valence-corrected chi connectivity index (χ4v) is 1.73. The van der Waals surface area contributed by atoms with Crippen LogP contribution in [0.1, 0.15) is 39.2 Å². The fourth-order valence-electron chi connectivity index (χ4n) is 1.73. The number of benzene rings is 1. The second kappa shape index (κ2) is 4.49. The monoisotopic (exact) mass is 244 g/mol. The molecular weight excluding hydrogens is 232 g/mol. The molecule has 0 saturated heterocycles. The zero-order chi connectivity index (χ0) is 13.3. The number of carbonyl (C=O) groups excluding carboxylic acids is 2. The number of hydrogen-bond acceptors (Lipinski definition) is 4. The van der Waals surface area contributed by atoms with Crippen molar-refractivity contribution in [1.82, 2.24) is 0 Å². The van der Waals surface area contributed by atoms with Crippen LogP contribution in [0.4, 0.5) is 0 Å². The highest BCUT2D eigenvalue weighted by Crippen LogP contribution is 2.24. The van der Waals surface area contributed by atoms with Crippen LogP contribution >= 0.6 is 0 Å². The van der Waals surface area contributed by atoms with E-state index < -0.39 is 5.78 Å². The van der Waals surface area contributed by atoms with Gasteiger partial charge in [-0.1, -0.05) is 12.1 Å². The van der Waals surface area contributed by atoms with Gasteiger partial charge in [0, 0.05) is 0 Å². The highest BCUT2D eigenvalue weighted by atomic mass is 16.3. The summed E-state index contributed by atoms with van der Waals surface area (Å²) >= 11 is 0. The van der Waals surface area contributed by atoms with Crippen molar-refractivity contribution in [2.45, 2.75) is 13.8 Å². The highest BCUT2D eigenvalue weighted by molar-refractivity contribution is 6.14. The molecule has 1 aromatic heterocycles. The molecule has 0 aliphatic carbocycles. The molecule has 0 bridgehead atoms. The summed E-state index contributed by atoms with van der Waals surface area (Å²) in [5, 5.41) is 9.63. The number of Topliss-reactive ketones (excluding diaryl/α,β-unsaturated/α-hetero) is 1. The van der Waals surface area contributed by atoms with Crippen molar-refractivity contribution in [2.24, 2.45) is 0 Å². The molecular formula is C14H12O4. The molecule has 0 saturated carbocycles. The molecule has 0 aliphatic rings. The topological polar surface area (TPSA) is 67.5 Å². The first kappa shape index (κ1) is 12.1. The number of carbonyl (C=O) groups is 2. The molecule has 1 aromatic carbocycles. The number of para-hydroxylation sites is 1. The van der Waals surface area contributed by atoms with Gasteiger partial charge in [0.15, 0.2) is 11.5 Å². The molecule has 0 aliphatic heterocycles. The third kappa shape index (κ3) is 2.05. The van der Waals surface area contributed by atoms with Gasteiger partial charge in [-0.3, -0.25) is 9.59 Å². The maximum atomic E-state index is 12.2. The molecule has 0 radical (unpaired) electrons. The van der Waals surface area contributed by atoms with E-state index in [1.165, 1.54) is 25.1 Å². The standard InChI is InChI=1S/C14H12O4/c1-8-7-11(9(2)15)14(18-8)13(17)10-5-3-4-6-12(10)16/h3-7,16H,1-2H3. The van der Waals surface area contributed by atoms with Crippen LogP contribution in [0.3, 0.4) is 0 Å². The predicted molar refractivity (Wildman–Crippen MR) is 65.0 cm³/mol. The van der Waals surface area contributed by atoms with Crippen molar-refractivity contribution in [3.05, 3.63) is 53.0 Å². The number of furan rings is 1. The van der Waals surface area contributed by atoms with Gasteiger partial charge in [-0.25, -0.2) is 0 Å². The van der Waals surface area contributed by atoms with Crippen molar-refractivity contribution >= 4 is 11.6 Å². The minimum Gasteiger partial charge on any atom is -0.507 e. The quantitative estimate of drug-likeness (QED) is 0.843. The SMILES string of the molecule is CC(=O)c1cc(C)oc1C(=O)c1ccccc1O. The Morgan fingerprint density at radius 1 is 1.17 bits per heavy atom. The Bertz CT molecular complexity index is 622. The molecule has 4 heteroatoms. The molecule has 1 N–H and O–H groups in total. The zero-order valence-corrected chi connectivity index (χ0v) is 10.1. The molecule has 0 atom stereocenters. The third-order valence-corrected chi connectivity index (χ3v) is 2.59. The first-order chi connectivity index (χ1) is 8.50. The van der Waals surface area contributed by atoms with Gasteiger partial charge in [-0.15, -0.1) is 0 Å². The maximum Gasteiger partial charge on any atom is 0.232 e. The van der Waals surface area contributed by atoms with Crippen LogP contribution in [-0.2, 0) is 0 Å². The number of phenols is 1.